The van der Waals surface area contributed by atoms with Gasteiger partial charge in [0, 0.05) is 31.1 Å². The molecule has 8 heteroatoms. The molecule has 0 saturated carbocycles. The van der Waals surface area contributed by atoms with Gasteiger partial charge in [0.2, 0.25) is 0 Å². The van der Waals surface area contributed by atoms with Crippen LogP contribution in [0, 0.1) is 6.92 Å². The third-order valence-corrected chi connectivity index (χ3v) is 5.81. The standard InChI is InChI=1S/C23H31FN2O5/c1-16-14-26(21-13-19(28)20(15-27)31-21)23(30)25(22(16)29)12-4-2-3-5-17-6-8-18(9-7-17)10-11-24/h6-9,14,19-21,27-28H,2-5,10-13,15H2,1H3/t19-,20+,21+/m0/s1. The van der Waals surface area contributed by atoms with Crippen LogP contribution in [0.3, 0.4) is 0 Å². The summed E-state index contributed by atoms with van der Waals surface area (Å²) in [6.45, 7) is 1.28. The van der Waals surface area contributed by atoms with Crippen LogP contribution in [0.5, 0.6) is 0 Å². The van der Waals surface area contributed by atoms with Gasteiger partial charge in [0.1, 0.15) is 12.3 Å². The molecule has 1 aliphatic rings. The van der Waals surface area contributed by atoms with Crippen molar-refractivity contribution in [3.8, 4) is 0 Å². The zero-order valence-electron chi connectivity index (χ0n) is 17.9. The van der Waals surface area contributed by atoms with Gasteiger partial charge >= 0.3 is 5.69 Å². The third kappa shape index (κ3) is 5.70. The lowest BCUT2D eigenvalue weighted by molar-refractivity contribution is -0.0464. The summed E-state index contributed by atoms with van der Waals surface area (Å²) in [6, 6.07) is 7.94. The van der Waals surface area contributed by atoms with Gasteiger partial charge in [-0.05, 0) is 37.3 Å². The number of benzene rings is 1. The lowest BCUT2D eigenvalue weighted by Gasteiger charge is -2.17. The highest BCUT2D eigenvalue weighted by molar-refractivity contribution is 5.22. The molecular formula is C23H31FN2O5. The molecule has 2 N–H and O–H groups in total. The molecule has 170 valence electrons. The van der Waals surface area contributed by atoms with E-state index in [-0.39, 0.29) is 25.3 Å². The maximum Gasteiger partial charge on any atom is 0.333 e. The molecule has 3 atom stereocenters. The van der Waals surface area contributed by atoms with Gasteiger partial charge in [-0.3, -0.25) is 18.3 Å². The van der Waals surface area contributed by atoms with Crippen molar-refractivity contribution in [2.24, 2.45) is 0 Å². The second-order valence-electron chi connectivity index (χ2n) is 8.14. The number of hydrogen-bond acceptors (Lipinski definition) is 5. The van der Waals surface area contributed by atoms with Gasteiger partial charge in [-0.15, -0.1) is 0 Å². The molecule has 1 aromatic heterocycles. The molecule has 0 bridgehead atoms. The summed E-state index contributed by atoms with van der Waals surface area (Å²) in [7, 11) is 0. The molecule has 0 unspecified atom stereocenters. The average molecular weight is 435 g/mol. The number of aryl methyl sites for hydroxylation is 3. The Morgan fingerprint density at radius 1 is 1.10 bits per heavy atom. The van der Waals surface area contributed by atoms with E-state index in [1.54, 1.807) is 6.92 Å². The highest BCUT2D eigenvalue weighted by Gasteiger charge is 2.35. The van der Waals surface area contributed by atoms with Gasteiger partial charge < -0.3 is 14.9 Å². The molecule has 1 fully saturated rings. The Morgan fingerprint density at radius 3 is 2.39 bits per heavy atom. The number of nitrogens with zero attached hydrogens (tertiary/aromatic N) is 2. The number of ether oxygens (including phenoxy) is 1. The Morgan fingerprint density at radius 2 is 1.77 bits per heavy atom. The maximum absolute atomic E-state index is 12.9. The van der Waals surface area contributed by atoms with Crippen molar-refractivity contribution < 1.29 is 19.3 Å². The molecule has 1 aliphatic heterocycles. The molecular weight excluding hydrogens is 403 g/mol. The normalized spacial score (nSPS) is 21.0. The van der Waals surface area contributed by atoms with E-state index < -0.39 is 24.1 Å². The SMILES string of the molecule is Cc1cn([C@H]2C[C@H](O)[C@@H](CO)O2)c(=O)n(CCCCCc2ccc(CCF)cc2)c1=O. The Bertz CT molecular complexity index is 969. The van der Waals surface area contributed by atoms with Crippen LogP contribution in [-0.2, 0) is 24.1 Å². The Balaban J connectivity index is 1.58. The first-order valence-corrected chi connectivity index (χ1v) is 10.9. The summed E-state index contributed by atoms with van der Waals surface area (Å²) < 4.78 is 20.5. The van der Waals surface area contributed by atoms with Crippen molar-refractivity contribution in [3.63, 3.8) is 0 Å². The lowest BCUT2D eigenvalue weighted by atomic mass is 10.0. The van der Waals surface area contributed by atoms with Crippen LogP contribution in [0.1, 0.15) is 48.6 Å². The predicted octanol–water partition coefficient (Wildman–Crippen LogP) is 1.88. The highest BCUT2D eigenvalue weighted by atomic mass is 19.1. The number of aromatic nitrogens is 2. The molecule has 31 heavy (non-hydrogen) atoms. The molecule has 0 radical (unpaired) electrons. The number of rotatable bonds is 10. The third-order valence-electron chi connectivity index (χ3n) is 5.81. The second kappa shape index (κ2) is 10.8. The summed E-state index contributed by atoms with van der Waals surface area (Å²) in [5.41, 5.74) is 1.83. The van der Waals surface area contributed by atoms with Gasteiger partial charge in [0.15, 0.2) is 0 Å². The molecule has 3 rings (SSSR count). The minimum absolute atomic E-state index is 0.187. The number of hydrogen-bond donors (Lipinski definition) is 2. The fraction of sp³-hybridized carbons (Fsp3) is 0.565. The van der Waals surface area contributed by atoms with E-state index in [0.717, 1.165) is 24.8 Å². The summed E-state index contributed by atoms with van der Waals surface area (Å²) >= 11 is 0. The van der Waals surface area contributed by atoms with Crippen molar-refractivity contribution in [3.05, 3.63) is 68.0 Å². The van der Waals surface area contributed by atoms with Crippen molar-refractivity contribution in [1.82, 2.24) is 9.13 Å². The lowest BCUT2D eigenvalue weighted by Crippen LogP contribution is -2.42. The monoisotopic (exact) mass is 434 g/mol. The van der Waals surface area contributed by atoms with Crippen LogP contribution in [0.2, 0.25) is 0 Å². The van der Waals surface area contributed by atoms with E-state index in [1.807, 2.05) is 24.3 Å². The average Bonchev–Trinajstić information content (AvgIpc) is 3.14. The topological polar surface area (TPSA) is 93.7 Å². The largest absolute Gasteiger partial charge is 0.394 e. The van der Waals surface area contributed by atoms with Crippen molar-refractivity contribution in [2.75, 3.05) is 13.3 Å². The molecule has 0 amide bonds. The van der Waals surface area contributed by atoms with E-state index in [1.165, 1.54) is 20.9 Å². The molecule has 7 nitrogen and oxygen atoms in total. The van der Waals surface area contributed by atoms with Crippen molar-refractivity contribution in [1.29, 1.82) is 0 Å². The van der Waals surface area contributed by atoms with Crippen molar-refractivity contribution >= 4 is 0 Å². The highest BCUT2D eigenvalue weighted by Crippen LogP contribution is 2.27. The number of aliphatic hydroxyl groups excluding tert-OH is 2. The summed E-state index contributed by atoms with van der Waals surface area (Å²) in [6.07, 6.45) is 3.16. The quantitative estimate of drug-likeness (QED) is 0.557. The van der Waals surface area contributed by atoms with Gasteiger partial charge in [-0.25, -0.2) is 4.79 Å². The van der Waals surface area contributed by atoms with Crippen LogP contribution < -0.4 is 11.2 Å². The number of aliphatic hydroxyl groups is 2. The Hall–Kier alpha value is -2.29. The van der Waals surface area contributed by atoms with Crippen LogP contribution in [0.15, 0.2) is 40.1 Å². The van der Waals surface area contributed by atoms with E-state index >= 15 is 0 Å². The molecule has 0 aliphatic carbocycles. The molecule has 2 heterocycles. The number of unbranched alkanes of at least 4 members (excludes halogenated alkanes) is 2. The minimum Gasteiger partial charge on any atom is -0.394 e. The zero-order valence-corrected chi connectivity index (χ0v) is 17.9. The summed E-state index contributed by atoms with van der Waals surface area (Å²) in [4.78, 5) is 25.4. The molecule has 2 aromatic rings. The first-order valence-electron chi connectivity index (χ1n) is 10.9. The first kappa shape index (κ1) is 23.4. The fourth-order valence-corrected chi connectivity index (χ4v) is 3.97. The van der Waals surface area contributed by atoms with Gasteiger partial charge in [0.25, 0.3) is 5.56 Å². The zero-order chi connectivity index (χ0) is 22.4. The Labute approximate surface area is 180 Å². The van der Waals surface area contributed by atoms with Gasteiger partial charge in [-0.1, -0.05) is 30.7 Å². The van der Waals surface area contributed by atoms with Crippen molar-refractivity contribution in [2.45, 2.75) is 70.4 Å². The number of halogens is 1. The van der Waals surface area contributed by atoms with E-state index in [9.17, 15) is 24.2 Å². The Kier molecular flexibility index (Phi) is 8.17. The molecule has 1 aromatic carbocycles. The van der Waals surface area contributed by atoms with Crippen LogP contribution in [0.4, 0.5) is 4.39 Å². The van der Waals surface area contributed by atoms with E-state index in [4.69, 9.17) is 4.74 Å². The fourth-order valence-electron chi connectivity index (χ4n) is 3.97. The summed E-state index contributed by atoms with van der Waals surface area (Å²) in [5.74, 6) is 0. The smallest absolute Gasteiger partial charge is 0.333 e. The summed E-state index contributed by atoms with van der Waals surface area (Å²) in [5, 5.41) is 19.2. The number of alkyl halides is 1. The van der Waals surface area contributed by atoms with Crippen LogP contribution >= 0.6 is 0 Å². The second-order valence-corrected chi connectivity index (χ2v) is 8.14. The van der Waals surface area contributed by atoms with E-state index in [0.29, 0.717) is 24.9 Å². The minimum atomic E-state index is -0.853. The van der Waals surface area contributed by atoms with E-state index in [2.05, 4.69) is 0 Å². The van der Waals surface area contributed by atoms with Crippen LogP contribution in [-0.4, -0.2) is 44.8 Å². The molecule has 0 spiro atoms. The van der Waals surface area contributed by atoms with Gasteiger partial charge in [0.05, 0.1) is 19.4 Å². The molecule has 1 saturated heterocycles. The van der Waals surface area contributed by atoms with Gasteiger partial charge in [-0.2, -0.15) is 0 Å². The van der Waals surface area contributed by atoms with Crippen LogP contribution in [0.25, 0.3) is 0 Å². The predicted molar refractivity (Wildman–Crippen MR) is 115 cm³/mol. The maximum atomic E-state index is 12.9. The first-order chi connectivity index (χ1) is 14.9.